The van der Waals surface area contributed by atoms with Gasteiger partial charge in [-0.05, 0) is 30.5 Å². The highest BCUT2D eigenvalue weighted by Gasteiger charge is 2.20. The van der Waals surface area contributed by atoms with E-state index in [0.29, 0.717) is 0 Å². The standard InChI is InChI=1S/C15H23NO/c1-5-6-8-12-9-7-10-13(11-12)16-14(17)15(2,3)4/h7,9-11H,5-6,8H2,1-4H3,(H,16,17). The molecule has 2 heteroatoms. The summed E-state index contributed by atoms with van der Waals surface area (Å²) in [4.78, 5) is 11.8. The monoisotopic (exact) mass is 233 g/mol. The number of benzene rings is 1. The van der Waals surface area contributed by atoms with Gasteiger partial charge in [-0.15, -0.1) is 0 Å². The van der Waals surface area contributed by atoms with Crippen molar-refractivity contribution in [2.75, 3.05) is 5.32 Å². The number of aryl methyl sites for hydroxylation is 1. The van der Waals surface area contributed by atoms with E-state index in [0.717, 1.165) is 12.1 Å². The summed E-state index contributed by atoms with van der Waals surface area (Å²) in [5.74, 6) is 0.0603. The number of rotatable bonds is 4. The summed E-state index contributed by atoms with van der Waals surface area (Å²) in [7, 11) is 0. The third-order valence-electron chi connectivity index (χ3n) is 2.69. The van der Waals surface area contributed by atoms with E-state index in [1.54, 1.807) is 0 Å². The average Bonchev–Trinajstić information content (AvgIpc) is 2.25. The topological polar surface area (TPSA) is 29.1 Å². The van der Waals surface area contributed by atoms with E-state index in [9.17, 15) is 4.79 Å². The minimum atomic E-state index is -0.348. The molecule has 0 aliphatic heterocycles. The lowest BCUT2D eigenvalue weighted by Crippen LogP contribution is -2.27. The second-order valence-corrected chi connectivity index (χ2v) is 5.51. The van der Waals surface area contributed by atoms with E-state index < -0.39 is 0 Å². The fraction of sp³-hybridized carbons (Fsp3) is 0.533. The molecule has 0 spiro atoms. The molecular weight excluding hydrogens is 210 g/mol. The molecule has 1 aromatic rings. The first kappa shape index (κ1) is 13.8. The highest BCUT2D eigenvalue weighted by atomic mass is 16.2. The zero-order valence-corrected chi connectivity index (χ0v) is 11.3. The molecule has 2 nitrogen and oxygen atoms in total. The van der Waals surface area contributed by atoms with Crippen LogP contribution in [0.15, 0.2) is 24.3 Å². The molecule has 0 atom stereocenters. The van der Waals surface area contributed by atoms with Gasteiger partial charge in [-0.3, -0.25) is 4.79 Å². The van der Waals surface area contributed by atoms with Gasteiger partial charge in [-0.2, -0.15) is 0 Å². The zero-order valence-electron chi connectivity index (χ0n) is 11.3. The van der Waals surface area contributed by atoms with E-state index >= 15 is 0 Å². The number of amides is 1. The number of hydrogen-bond acceptors (Lipinski definition) is 1. The highest BCUT2D eigenvalue weighted by molar-refractivity contribution is 5.94. The average molecular weight is 233 g/mol. The Morgan fingerprint density at radius 3 is 2.59 bits per heavy atom. The quantitative estimate of drug-likeness (QED) is 0.836. The summed E-state index contributed by atoms with van der Waals surface area (Å²) >= 11 is 0. The van der Waals surface area contributed by atoms with Crippen molar-refractivity contribution in [1.29, 1.82) is 0 Å². The van der Waals surface area contributed by atoms with E-state index in [1.165, 1.54) is 18.4 Å². The number of carbonyl (C=O) groups is 1. The minimum Gasteiger partial charge on any atom is -0.326 e. The van der Waals surface area contributed by atoms with Crippen LogP contribution < -0.4 is 5.32 Å². The van der Waals surface area contributed by atoms with Crippen LogP contribution in [0.25, 0.3) is 0 Å². The second-order valence-electron chi connectivity index (χ2n) is 5.51. The molecule has 94 valence electrons. The van der Waals surface area contributed by atoms with Crippen LogP contribution >= 0.6 is 0 Å². The number of carbonyl (C=O) groups excluding carboxylic acids is 1. The summed E-state index contributed by atoms with van der Waals surface area (Å²) in [5, 5.41) is 2.96. The number of hydrogen-bond donors (Lipinski definition) is 1. The van der Waals surface area contributed by atoms with Crippen LogP contribution in [0.3, 0.4) is 0 Å². The van der Waals surface area contributed by atoms with Crippen LogP contribution in [0.4, 0.5) is 5.69 Å². The second kappa shape index (κ2) is 5.85. The summed E-state index contributed by atoms with van der Waals surface area (Å²) in [6.07, 6.45) is 3.46. The maximum absolute atomic E-state index is 11.8. The van der Waals surface area contributed by atoms with Gasteiger partial charge in [0.25, 0.3) is 0 Å². The van der Waals surface area contributed by atoms with Crippen molar-refractivity contribution in [2.45, 2.75) is 47.0 Å². The molecule has 1 aromatic carbocycles. The Morgan fingerprint density at radius 1 is 1.29 bits per heavy atom. The lowest BCUT2D eigenvalue weighted by atomic mass is 9.95. The maximum atomic E-state index is 11.8. The molecule has 0 unspecified atom stereocenters. The van der Waals surface area contributed by atoms with Gasteiger partial charge in [0, 0.05) is 11.1 Å². The van der Waals surface area contributed by atoms with E-state index in [-0.39, 0.29) is 11.3 Å². The summed E-state index contributed by atoms with van der Waals surface area (Å²) in [6, 6.07) is 8.13. The third kappa shape index (κ3) is 4.59. The van der Waals surface area contributed by atoms with Gasteiger partial charge in [0.2, 0.25) is 5.91 Å². The number of anilines is 1. The molecule has 0 fully saturated rings. The molecule has 0 aliphatic carbocycles. The lowest BCUT2D eigenvalue weighted by molar-refractivity contribution is -0.123. The predicted octanol–water partition coefficient (Wildman–Crippen LogP) is 4.01. The molecule has 0 saturated heterocycles. The minimum absolute atomic E-state index is 0.0603. The van der Waals surface area contributed by atoms with Gasteiger partial charge < -0.3 is 5.32 Å². The van der Waals surface area contributed by atoms with Crippen molar-refractivity contribution >= 4 is 11.6 Å². The molecule has 0 saturated carbocycles. The Hall–Kier alpha value is -1.31. The smallest absolute Gasteiger partial charge is 0.229 e. The molecule has 0 heterocycles. The van der Waals surface area contributed by atoms with Gasteiger partial charge in [0.1, 0.15) is 0 Å². The summed E-state index contributed by atoms with van der Waals surface area (Å²) in [6.45, 7) is 7.95. The van der Waals surface area contributed by atoms with Crippen LogP contribution in [0, 0.1) is 5.41 Å². The number of nitrogens with one attached hydrogen (secondary N) is 1. The molecule has 0 bridgehead atoms. The predicted molar refractivity (Wildman–Crippen MR) is 73.1 cm³/mol. The first-order valence-corrected chi connectivity index (χ1v) is 6.34. The maximum Gasteiger partial charge on any atom is 0.229 e. The van der Waals surface area contributed by atoms with Gasteiger partial charge in [0.15, 0.2) is 0 Å². The first-order valence-electron chi connectivity index (χ1n) is 6.34. The fourth-order valence-electron chi connectivity index (χ4n) is 1.50. The Bertz CT molecular complexity index is 377. The van der Waals surface area contributed by atoms with Crippen molar-refractivity contribution in [2.24, 2.45) is 5.41 Å². The van der Waals surface area contributed by atoms with Crippen molar-refractivity contribution in [3.8, 4) is 0 Å². The highest BCUT2D eigenvalue weighted by Crippen LogP contribution is 2.18. The third-order valence-corrected chi connectivity index (χ3v) is 2.69. The Balaban J connectivity index is 2.69. The van der Waals surface area contributed by atoms with E-state index in [4.69, 9.17) is 0 Å². The van der Waals surface area contributed by atoms with Crippen molar-refractivity contribution < 1.29 is 4.79 Å². The van der Waals surface area contributed by atoms with Crippen LogP contribution in [0.1, 0.15) is 46.1 Å². The summed E-state index contributed by atoms with van der Waals surface area (Å²) in [5.41, 5.74) is 1.84. The molecule has 0 aliphatic rings. The number of unbranched alkanes of at least 4 members (excludes halogenated alkanes) is 1. The normalized spacial score (nSPS) is 11.3. The van der Waals surface area contributed by atoms with Gasteiger partial charge in [-0.1, -0.05) is 46.2 Å². The molecule has 0 radical (unpaired) electrons. The molecule has 0 aromatic heterocycles. The van der Waals surface area contributed by atoms with Gasteiger partial charge in [-0.25, -0.2) is 0 Å². The fourth-order valence-corrected chi connectivity index (χ4v) is 1.50. The zero-order chi connectivity index (χ0) is 12.9. The lowest BCUT2D eigenvalue weighted by Gasteiger charge is -2.18. The molecular formula is C15H23NO. The summed E-state index contributed by atoms with van der Waals surface area (Å²) < 4.78 is 0. The van der Waals surface area contributed by atoms with Gasteiger partial charge in [0.05, 0.1) is 0 Å². The van der Waals surface area contributed by atoms with Crippen LogP contribution in [-0.4, -0.2) is 5.91 Å². The van der Waals surface area contributed by atoms with E-state index in [1.807, 2.05) is 32.9 Å². The van der Waals surface area contributed by atoms with Crippen molar-refractivity contribution in [3.63, 3.8) is 0 Å². The van der Waals surface area contributed by atoms with Crippen molar-refractivity contribution in [1.82, 2.24) is 0 Å². The van der Waals surface area contributed by atoms with Gasteiger partial charge >= 0.3 is 0 Å². The van der Waals surface area contributed by atoms with Crippen molar-refractivity contribution in [3.05, 3.63) is 29.8 Å². The molecule has 1 N–H and O–H groups in total. The Morgan fingerprint density at radius 2 is 2.00 bits per heavy atom. The SMILES string of the molecule is CCCCc1cccc(NC(=O)C(C)(C)C)c1. The Labute approximate surface area is 104 Å². The van der Waals surface area contributed by atoms with Crippen LogP contribution in [0.5, 0.6) is 0 Å². The van der Waals surface area contributed by atoms with Crippen LogP contribution in [0.2, 0.25) is 0 Å². The van der Waals surface area contributed by atoms with E-state index in [2.05, 4.69) is 24.4 Å². The largest absolute Gasteiger partial charge is 0.326 e. The first-order chi connectivity index (χ1) is 7.93. The molecule has 1 amide bonds. The molecule has 1 rings (SSSR count). The van der Waals surface area contributed by atoms with Crippen LogP contribution in [-0.2, 0) is 11.2 Å². The Kier molecular flexibility index (Phi) is 4.73. The molecule has 17 heavy (non-hydrogen) atoms.